The molecule has 2 amide bonds. The minimum atomic E-state index is -0.574. The summed E-state index contributed by atoms with van der Waals surface area (Å²) in [5, 5.41) is 3.90. The van der Waals surface area contributed by atoms with Gasteiger partial charge >= 0.3 is 0 Å². The second kappa shape index (κ2) is 7.93. The summed E-state index contributed by atoms with van der Waals surface area (Å²) in [5.74, 6) is -1.65. The Morgan fingerprint density at radius 2 is 1.69 bits per heavy atom. The summed E-state index contributed by atoms with van der Waals surface area (Å²) in [6, 6.07) is 16.0. The van der Waals surface area contributed by atoms with Crippen molar-refractivity contribution in [1.29, 1.82) is 0 Å². The maximum Gasteiger partial charge on any atom is 0.239 e. The number of imide groups is 1. The lowest BCUT2D eigenvalue weighted by atomic mass is 9.90. The molecule has 2 aromatic rings. The second-order valence-electron chi connectivity index (χ2n) is 7.31. The molecule has 0 saturated carbocycles. The minimum Gasteiger partial charge on any atom is -0.299 e. The molecule has 0 aliphatic carbocycles. The molecular weight excluding hydrogens is 388 g/mol. The highest BCUT2D eigenvalue weighted by Crippen LogP contribution is 2.41. The Morgan fingerprint density at radius 3 is 2.34 bits per heavy atom. The van der Waals surface area contributed by atoms with Crippen LogP contribution in [0.3, 0.4) is 0 Å². The predicted octanol–water partition coefficient (Wildman–Crippen LogP) is 3.17. The van der Waals surface area contributed by atoms with Crippen LogP contribution in [-0.4, -0.2) is 29.7 Å². The standard InChI is InChI=1S/C15H12N2O3.C8H9Cl/c18-10-7-6-9-11-12(13(10)16-9)15(20)17(14(11)19)8-4-2-1-3-5-8;1-2-7-4-3-5-8(9)6-7/h1-7,9,11-13,16H;3-6H,2H2,1H3/t9-,11?,12?,13+;/m0./s1. The van der Waals surface area contributed by atoms with Crippen molar-refractivity contribution in [3.8, 4) is 0 Å². The van der Waals surface area contributed by atoms with Crippen LogP contribution in [0.25, 0.3) is 0 Å². The molecule has 2 saturated heterocycles. The van der Waals surface area contributed by atoms with Gasteiger partial charge in [0.1, 0.15) is 0 Å². The number of carbonyl (C=O) groups is 3. The summed E-state index contributed by atoms with van der Waals surface area (Å²) in [4.78, 5) is 38.2. The van der Waals surface area contributed by atoms with Crippen molar-refractivity contribution in [3.63, 3.8) is 0 Å². The van der Waals surface area contributed by atoms with E-state index in [2.05, 4.69) is 18.3 Å². The maximum atomic E-state index is 12.6. The molecule has 2 unspecified atom stereocenters. The Balaban J connectivity index is 0.000000192. The maximum absolute atomic E-state index is 12.6. The number of hydrogen-bond donors (Lipinski definition) is 1. The molecule has 0 radical (unpaired) electrons. The van der Waals surface area contributed by atoms with E-state index in [1.54, 1.807) is 30.3 Å². The molecule has 2 bridgehead atoms. The number of amides is 2. The highest BCUT2D eigenvalue weighted by molar-refractivity contribution is 6.30. The molecule has 3 aliphatic rings. The largest absolute Gasteiger partial charge is 0.299 e. The molecule has 148 valence electrons. The normalized spacial score (nSPS) is 27.0. The summed E-state index contributed by atoms with van der Waals surface area (Å²) in [5.41, 5.74) is 1.87. The van der Waals surface area contributed by atoms with Crippen LogP contribution in [0, 0.1) is 11.8 Å². The van der Waals surface area contributed by atoms with Crippen LogP contribution >= 0.6 is 11.6 Å². The van der Waals surface area contributed by atoms with Crippen molar-refractivity contribution in [2.45, 2.75) is 25.4 Å². The van der Waals surface area contributed by atoms with E-state index in [4.69, 9.17) is 11.6 Å². The molecule has 29 heavy (non-hydrogen) atoms. The Bertz CT molecular complexity index is 989. The average molecular weight is 409 g/mol. The van der Waals surface area contributed by atoms with E-state index >= 15 is 0 Å². The van der Waals surface area contributed by atoms with Gasteiger partial charge in [-0.25, -0.2) is 4.90 Å². The first-order chi connectivity index (χ1) is 14.0. The summed E-state index contributed by atoms with van der Waals surface area (Å²) in [7, 11) is 0. The van der Waals surface area contributed by atoms with Gasteiger partial charge in [0.2, 0.25) is 11.8 Å². The van der Waals surface area contributed by atoms with Gasteiger partial charge in [0.05, 0.1) is 23.6 Å². The number of hydrogen-bond acceptors (Lipinski definition) is 4. The molecule has 5 nitrogen and oxygen atoms in total. The molecule has 2 fully saturated rings. The van der Waals surface area contributed by atoms with Gasteiger partial charge in [-0.3, -0.25) is 19.7 Å². The van der Waals surface area contributed by atoms with Crippen molar-refractivity contribution in [2.75, 3.05) is 4.90 Å². The van der Waals surface area contributed by atoms with Gasteiger partial charge in [-0.15, -0.1) is 0 Å². The molecule has 5 rings (SSSR count). The Morgan fingerprint density at radius 1 is 0.966 bits per heavy atom. The van der Waals surface area contributed by atoms with Crippen LogP contribution in [0.2, 0.25) is 5.02 Å². The van der Waals surface area contributed by atoms with Crippen LogP contribution in [-0.2, 0) is 20.8 Å². The topological polar surface area (TPSA) is 66.5 Å². The zero-order valence-corrected chi connectivity index (χ0v) is 16.7. The summed E-state index contributed by atoms with van der Waals surface area (Å²) in [6.07, 6.45) is 4.24. The van der Waals surface area contributed by atoms with Crippen molar-refractivity contribution >= 4 is 34.9 Å². The fourth-order valence-corrected chi connectivity index (χ4v) is 4.39. The second-order valence-corrected chi connectivity index (χ2v) is 7.75. The Labute approximate surface area is 174 Å². The van der Waals surface area contributed by atoms with E-state index < -0.39 is 17.9 Å². The summed E-state index contributed by atoms with van der Waals surface area (Å²) >= 11 is 5.72. The third-order valence-corrected chi connectivity index (χ3v) is 5.84. The fourth-order valence-electron chi connectivity index (χ4n) is 4.18. The van der Waals surface area contributed by atoms with Gasteiger partial charge in [-0.2, -0.15) is 0 Å². The van der Waals surface area contributed by atoms with Crippen LogP contribution in [0.1, 0.15) is 12.5 Å². The SMILES string of the molecule is CCc1cccc(Cl)c1.O=C1C=C[C@@H]2N[C@H]1C1C(=O)N(c3ccccc3)C(=O)C12. The van der Waals surface area contributed by atoms with Crippen molar-refractivity contribution in [2.24, 2.45) is 11.8 Å². The molecular formula is C23H21ClN2O3. The number of nitrogens with one attached hydrogen (secondary N) is 1. The van der Waals surface area contributed by atoms with Gasteiger partial charge in [0.15, 0.2) is 5.78 Å². The predicted molar refractivity (Wildman–Crippen MR) is 112 cm³/mol. The lowest BCUT2D eigenvalue weighted by molar-refractivity contribution is -0.126. The number of nitrogens with zero attached hydrogens (tertiary/aromatic N) is 1. The first-order valence-electron chi connectivity index (χ1n) is 9.66. The quantitative estimate of drug-likeness (QED) is 0.775. The Kier molecular flexibility index (Phi) is 5.35. The van der Waals surface area contributed by atoms with Crippen molar-refractivity contribution in [3.05, 3.63) is 77.3 Å². The Hall–Kier alpha value is -2.76. The molecule has 0 aromatic heterocycles. The van der Waals surface area contributed by atoms with Crippen molar-refractivity contribution < 1.29 is 14.4 Å². The highest BCUT2D eigenvalue weighted by atomic mass is 35.5. The summed E-state index contributed by atoms with van der Waals surface area (Å²) < 4.78 is 0. The zero-order chi connectivity index (χ0) is 20.5. The molecule has 1 N–H and O–H groups in total. The van der Waals surface area contributed by atoms with Gasteiger partial charge < -0.3 is 0 Å². The fraction of sp³-hybridized carbons (Fsp3) is 0.261. The first kappa shape index (κ1) is 19.6. The molecule has 3 heterocycles. The number of para-hydroxylation sites is 1. The number of fused-ring (bicyclic) bond motifs is 5. The third kappa shape index (κ3) is 3.52. The molecule has 3 aliphatic heterocycles. The van der Waals surface area contributed by atoms with E-state index in [0.717, 1.165) is 11.4 Å². The van der Waals surface area contributed by atoms with Gasteiger partial charge in [-0.05, 0) is 42.3 Å². The molecule has 2 aromatic carbocycles. The third-order valence-electron chi connectivity index (χ3n) is 5.60. The van der Waals surface area contributed by atoms with Crippen LogP contribution < -0.4 is 10.2 Å². The van der Waals surface area contributed by atoms with E-state index in [1.165, 1.54) is 16.5 Å². The van der Waals surface area contributed by atoms with Crippen molar-refractivity contribution in [1.82, 2.24) is 5.32 Å². The number of aryl methyl sites for hydroxylation is 1. The highest BCUT2D eigenvalue weighted by Gasteiger charge is 2.60. The minimum absolute atomic E-state index is 0.121. The molecule has 4 atom stereocenters. The van der Waals surface area contributed by atoms with E-state index in [0.29, 0.717) is 5.69 Å². The van der Waals surface area contributed by atoms with Gasteiger partial charge in [-0.1, -0.05) is 54.9 Å². The van der Waals surface area contributed by atoms with Crippen LogP contribution in [0.5, 0.6) is 0 Å². The number of anilines is 1. The number of benzene rings is 2. The van der Waals surface area contributed by atoms with E-state index in [-0.39, 0.29) is 23.6 Å². The molecule has 6 heteroatoms. The number of carbonyl (C=O) groups excluding carboxylic acids is 3. The average Bonchev–Trinajstić information content (AvgIpc) is 3.19. The first-order valence-corrected chi connectivity index (χ1v) is 10.0. The van der Waals surface area contributed by atoms with E-state index in [9.17, 15) is 14.4 Å². The monoisotopic (exact) mass is 408 g/mol. The number of halogens is 1. The van der Waals surface area contributed by atoms with Crippen LogP contribution in [0.4, 0.5) is 5.69 Å². The van der Waals surface area contributed by atoms with Gasteiger partial charge in [0, 0.05) is 11.1 Å². The number of ketones is 1. The van der Waals surface area contributed by atoms with E-state index in [1.807, 2.05) is 24.3 Å². The smallest absolute Gasteiger partial charge is 0.239 e. The zero-order valence-electron chi connectivity index (χ0n) is 15.9. The van der Waals surface area contributed by atoms with Gasteiger partial charge in [0.25, 0.3) is 0 Å². The lowest BCUT2D eigenvalue weighted by Crippen LogP contribution is -2.46. The lowest BCUT2D eigenvalue weighted by Gasteiger charge is -2.22. The van der Waals surface area contributed by atoms with Crippen LogP contribution in [0.15, 0.2) is 66.7 Å². The number of rotatable bonds is 2. The molecule has 0 spiro atoms. The summed E-state index contributed by atoms with van der Waals surface area (Å²) in [6.45, 7) is 2.12.